The maximum absolute atomic E-state index is 6.54. The molecule has 2 N–H and O–H groups in total. The average Bonchev–Trinajstić information content (AvgIpc) is 2.44. The molecule has 1 aliphatic carbocycles. The summed E-state index contributed by atoms with van der Waals surface area (Å²) in [5.41, 5.74) is 9.39. The molecule has 1 aliphatic heterocycles. The minimum atomic E-state index is 0.204. The Balaban J connectivity index is 1.86. The maximum atomic E-state index is 6.54. The molecule has 0 saturated carbocycles. The first-order chi connectivity index (χ1) is 8.77. The third-order valence-electron chi connectivity index (χ3n) is 4.76. The van der Waals surface area contributed by atoms with Crippen molar-refractivity contribution in [2.45, 2.75) is 50.6 Å². The molecule has 2 aliphatic rings. The van der Waals surface area contributed by atoms with Gasteiger partial charge in [0.05, 0.1) is 0 Å². The van der Waals surface area contributed by atoms with Crippen molar-refractivity contribution in [1.82, 2.24) is 4.90 Å². The van der Waals surface area contributed by atoms with Crippen molar-refractivity contribution in [3.8, 4) is 0 Å². The van der Waals surface area contributed by atoms with E-state index in [-0.39, 0.29) is 6.04 Å². The molecule has 0 radical (unpaired) electrons. The number of fused-ring (bicyclic) bond motifs is 1. The lowest BCUT2D eigenvalue weighted by Crippen LogP contribution is -2.48. The minimum absolute atomic E-state index is 0.204. The second-order valence-corrected chi connectivity index (χ2v) is 5.96. The molecule has 1 aromatic carbocycles. The number of nitrogens with two attached hydrogens (primary N) is 1. The van der Waals surface area contributed by atoms with Crippen molar-refractivity contribution in [2.75, 3.05) is 13.1 Å². The Morgan fingerprint density at radius 2 is 1.72 bits per heavy atom. The van der Waals surface area contributed by atoms with E-state index < -0.39 is 0 Å². The molecule has 18 heavy (non-hydrogen) atoms. The zero-order chi connectivity index (χ0) is 12.5. The lowest BCUT2D eigenvalue weighted by atomic mass is 9.77. The van der Waals surface area contributed by atoms with Gasteiger partial charge in [0.2, 0.25) is 0 Å². The van der Waals surface area contributed by atoms with Gasteiger partial charge < -0.3 is 5.73 Å². The Kier molecular flexibility index (Phi) is 3.40. The maximum Gasteiger partial charge on any atom is 0.0456 e. The summed E-state index contributed by atoms with van der Waals surface area (Å²) in [6.07, 6.45) is 5.31. The van der Waals surface area contributed by atoms with Gasteiger partial charge in [-0.1, -0.05) is 37.6 Å². The highest BCUT2D eigenvalue weighted by atomic mass is 15.2. The second kappa shape index (κ2) is 5.02. The number of nitrogens with zero attached hydrogens (tertiary/aromatic N) is 1. The zero-order valence-electron chi connectivity index (χ0n) is 11.3. The van der Waals surface area contributed by atoms with Crippen LogP contribution in [-0.2, 0) is 0 Å². The summed E-state index contributed by atoms with van der Waals surface area (Å²) < 4.78 is 0. The predicted molar refractivity (Wildman–Crippen MR) is 75.6 cm³/mol. The third-order valence-corrected chi connectivity index (χ3v) is 4.76. The van der Waals surface area contributed by atoms with Crippen LogP contribution in [0.15, 0.2) is 24.3 Å². The van der Waals surface area contributed by atoms with Gasteiger partial charge in [-0.25, -0.2) is 0 Å². The normalized spacial score (nSPS) is 33.1. The summed E-state index contributed by atoms with van der Waals surface area (Å²) in [4.78, 5) is 2.64. The van der Waals surface area contributed by atoms with Crippen LogP contribution in [0.25, 0.3) is 0 Å². The van der Waals surface area contributed by atoms with Crippen LogP contribution in [0, 0.1) is 0 Å². The van der Waals surface area contributed by atoms with Gasteiger partial charge in [0.25, 0.3) is 0 Å². The molecule has 0 amide bonds. The molecule has 1 aromatic rings. The summed E-state index contributed by atoms with van der Waals surface area (Å²) >= 11 is 0. The van der Waals surface area contributed by atoms with E-state index in [1.807, 2.05) is 0 Å². The quantitative estimate of drug-likeness (QED) is 0.822. The van der Waals surface area contributed by atoms with Gasteiger partial charge in [-0.15, -0.1) is 0 Å². The van der Waals surface area contributed by atoms with E-state index in [1.54, 1.807) is 0 Å². The Hall–Kier alpha value is -0.860. The third kappa shape index (κ3) is 2.08. The summed E-state index contributed by atoms with van der Waals surface area (Å²) in [5, 5.41) is 0. The van der Waals surface area contributed by atoms with E-state index in [4.69, 9.17) is 5.73 Å². The van der Waals surface area contributed by atoms with Crippen molar-refractivity contribution in [3.63, 3.8) is 0 Å². The zero-order valence-corrected chi connectivity index (χ0v) is 11.3. The summed E-state index contributed by atoms with van der Waals surface area (Å²) in [7, 11) is 0. The van der Waals surface area contributed by atoms with E-state index in [2.05, 4.69) is 36.1 Å². The smallest absolute Gasteiger partial charge is 0.0456 e. The topological polar surface area (TPSA) is 29.3 Å². The van der Waals surface area contributed by atoms with E-state index in [1.165, 1.54) is 49.9 Å². The van der Waals surface area contributed by atoms with E-state index in [9.17, 15) is 0 Å². The second-order valence-electron chi connectivity index (χ2n) is 5.96. The van der Waals surface area contributed by atoms with Crippen molar-refractivity contribution < 1.29 is 0 Å². The number of likely N-dealkylation sites (tertiary alicyclic amines) is 1. The molecule has 3 atom stereocenters. The number of hydrogen-bond acceptors (Lipinski definition) is 2. The Morgan fingerprint density at radius 1 is 1.06 bits per heavy atom. The van der Waals surface area contributed by atoms with Gasteiger partial charge in [-0.2, -0.15) is 0 Å². The standard InChI is InChI=1S/C16H24N2/c1-12-11-15(18-9-5-2-6-10-18)16(17)14-8-4-3-7-13(12)14/h3-4,7-8,12,15-16H,2,5-6,9-11,17H2,1H3. The van der Waals surface area contributed by atoms with Crippen LogP contribution in [0.5, 0.6) is 0 Å². The van der Waals surface area contributed by atoms with Crippen molar-refractivity contribution in [2.24, 2.45) is 5.73 Å². The fraction of sp³-hybridized carbons (Fsp3) is 0.625. The Morgan fingerprint density at radius 3 is 2.44 bits per heavy atom. The molecule has 1 fully saturated rings. The number of piperidine rings is 1. The molecule has 3 rings (SSSR count). The van der Waals surface area contributed by atoms with Crippen LogP contribution >= 0.6 is 0 Å². The van der Waals surface area contributed by atoms with Gasteiger partial charge in [0, 0.05) is 12.1 Å². The van der Waals surface area contributed by atoms with E-state index in [0.717, 1.165) is 0 Å². The number of rotatable bonds is 1. The highest BCUT2D eigenvalue weighted by Crippen LogP contribution is 2.39. The van der Waals surface area contributed by atoms with Gasteiger partial charge in [0.15, 0.2) is 0 Å². The summed E-state index contributed by atoms with van der Waals surface area (Å²) in [5.74, 6) is 0.646. The van der Waals surface area contributed by atoms with Crippen LogP contribution in [-0.4, -0.2) is 24.0 Å². The van der Waals surface area contributed by atoms with Gasteiger partial charge in [-0.3, -0.25) is 4.90 Å². The first-order valence-corrected chi connectivity index (χ1v) is 7.36. The molecular weight excluding hydrogens is 220 g/mol. The molecule has 0 spiro atoms. The van der Waals surface area contributed by atoms with Crippen LogP contribution in [0.2, 0.25) is 0 Å². The van der Waals surface area contributed by atoms with Crippen LogP contribution < -0.4 is 5.73 Å². The fourth-order valence-electron chi connectivity index (χ4n) is 3.73. The minimum Gasteiger partial charge on any atom is -0.323 e. The first kappa shape index (κ1) is 12.2. The van der Waals surface area contributed by atoms with Crippen molar-refractivity contribution in [3.05, 3.63) is 35.4 Å². The average molecular weight is 244 g/mol. The molecule has 98 valence electrons. The highest BCUT2D eigenvalue weighted by molar-refractivity contribution is 5.36. The summed E-state index contributed by atoms with van der Waals surface area (Å²) in [6.45, 7) is 4.84. The molecule has 1 heterocycles. The first-order valence-electron chi connectivity index (χ1n) is 7.36. The molecule has 1 saturated heterocycles. The van der Waals surface area contributed by atoms with E-state index >= 15 is 0 Å². The Labute approximate surface area is 110 Å². The molecular formula is C16H24N2. The molecule has 2 nitrogen and oxygen atoms in total. The molecule has 3 unspecified atom stereocenters. The van der Waals surface area contributed by atoms with E-state index in [0.29, 0.717) is 12.0 Å². The lowest BCUT2D eigenvalue weighted by Gasteiger charge is -2.43. The van der Waals surface area contributed by atoms with Crippen LogP contribution in [0.3, 0.4) is 0 Å². The lowest BCUT2D eigenvalue weighted by molar-refractivity contribution is 0.123. The Bertz CT molecular complexity index is 409. The largest absolute Gasteiger partial charge is 0.323 e. The number of hydrogen-bond donors (Lipinski definition) is 1. The fourth-order valence-corrected chi connectivity index (χ4v) is 3.73. The van der Waals surface area contributed by atoms with Gasteiger partial charge in [0.1, 0.15) is 0 Å². The predicted octanol–water partition coefficient (Wildman–Crippen LogP) is 3.05. The monoisotopic (exact) mass is 244 g/mol. The SMILES string of the molecule is CC1CC(N2CCCCC2)C(N)c2ccccc21. The molecule has 0 aromatic heterocycles. The highest BCUT2D eigenvalue weighted by Gasteiger charge is 2.34. The van der Waals surface area contributed by atoms with Crippen molar-refractivity contribution >= 4 is 0 Å². The van der Waals surface area contributed by atoms with Crippen LogP contribution in [0.1, 0.15) is 55.7 Å². The van der Waals surface area contributed by atoms with Gasteiger partial charge in [-0.05, 0) is 49.4 Å². The van der Waals surface area contributed by atoms with Crippen molar-refractivity contribution in [1.29, 1.82) is 0 Å². The van der Waals surface area contributed by atoms with Crippen LogP contribution in [0.4, 0.5) is 0 Å². The molecule has 0 bridgehead atoms. The van der Waals surface area contributed by atoms with Gasteiger partial charge >= 0.3 is 0 Å². The molecule has 2 heteroatoms. The number of benzene rings is 1. The summed E-state index contributed by atoms with van der Waals surface area (Å²) in [6, 6.07) is 9.51.